The second kappa shape index (κ2) is 106. The minimum Gasteiger partial charge on any atom is -0.202 e. The Morgan fingerprint density at radius 2 is 0.308 bits per heavy atom. The summed E-state index contributed by atoms with van der Waals surface area (Å²) in [6.45, 7) is 21.0. The summed E-state index contributed by atoms with van der Waals surface area (Å²) in [6, 6.07) is 0. The molecule has 0 aromatic heterocycles. The first-order chi connectivity index (χ1) is 6.00. The van der Waals surface area contributed by atoms with E-state index < -0.39 is 0 Å². The predicted octanol–water partition coefficient (Wildman–Crippen LogP) is 0.836. The Labute approximate surface area is 88.8 Å². The van der Waals surface area contributed by atoms with Gasteiger partial charge in [0.05, 0.1) is 0 Å². The molecule has 0 aromatic rings. The molecule has 0 aliphatic rings. The van der Waals surface area contributed by atoms with Crippen LogP contribution in [0, 0.1) is 71.0 Å². The van der Waals surface area contributed by atoms with Crippen molar-refractivity contribution in [2.75, 3.05) is 0 Å². The molecule has 0 saturated heterocycles. The van der Waals surface area contributed by atoms with Crippen LogP contribution in [0.15, 0.2) is 0 Å². The third-order valence-electron chi connectivity index (χ3n) is 0. The molecule has 0 rings (SSSR count). The van der Waals surface area contributed by atoms with Gasteiger partial charge in [-0.05, 0) is 0 Å². The number of rotatable bonds is 0. The van der Waals surface area contributed by atoms with Crippen molar-refractivity contribution in [3.05, 3.63) is 0 Å². The van der Waals surface area contributed by atoms with Crippen molar-refractivity contribution in [3.8, 4) is 39.4 Å². The van der Waals surface area contributed by atoms with E-state index in [0.717, 1.165) is 0 Å². The van der Waals surface area contributed by atoms with Crippen LogP contribution in [0.5, 0.6) is 0 Å². The molecular weight excluding hydrogens is 208 g/mol. The summed E-state index contributed by atoms with van der Waals surface area (Å²) in [5, 5.41) is 39.0. The number of hydrogen-bond acceptors (Lipinski definition) is 6. The maximum absolute atomic E-state index is 6.50. The molecule has 6 nitrogen and oxygen atoms in total. The summed E-state index contributed by atoms with van der Waals surface area (Å²) >= 11 is 0. The minimum atomic E-state index is 0. The maximum Gasteiger partial charge on any atom is 0.0462 e. The Hall–Kier alpha value is -2.53. The summed E-state index contributed by atoms with van der Waals surface area (Å²) in [6.07, 6.45) is 0. The molecule has 0 fully saturated rings. The Morgan fingerprint density at radius 1 is 0.308 bits per heavy atom. The molecule has 0 atom stereocenters. The molecule has 0 amide bonds. The Balaban J connectivity index is -0.00000000655. The zero-order valence-corrected chi connectivity index (χ0v) is 7.83. The van der Waals surface area contributed by atoms with Gasteiger partial charge in [0.15, 0.2) is 0 Å². The molecule has 0 aromatic carbocycles. The molecular formula is C6H6CrN6. The van der Waals surface area contributed by atoms with Crippen LogP contribution in [0.1, 0.15) is 0 Å². The van der Waals surface area contributed by atoms with E-state index in [1.54, 1.807) is 0 Å². The van der Waals surface area contributed by atoms with Crippen LogP contribution in [0.3, 0.4) is 0 Å². The molecule has 13 heavy (non-hydrogen) atoms. The molecule has 0 spiro atoms. The van der Waals surface area contributed by atoms with E-state index in [-0.39, 0.29) is 17.4 Å². The second-order valence-corrected chi connectivity index (χ2v) is 0. The summed E-state index contributed by atoms with van der Waals surface area (Å²) in [5.41, 5.74) is 0. The molecule has 0 unspecified atom stereocenters. The molecule has 0 aliphatic carbocycles. The molecule has 7 heteroatoms. The Kier molecular flexibility index (Phi) is 638. The van der Waals surface area contributed by atoms with Gasteiger partial charge in [-0.3, -0.25) is 0 Å². The summed E-state index contributed by atoms with van der Waals surface area (Å²) in [7, 11) is 0. The van der Waals surface area contributed by atoms with E-state index in [1.807, 2.05) is 0 Å². The number of nitriles is 6. The largest absolute Gasteiger partial charge is 0.202 e. The van der Waals surface area contributed by atoms with Crippen molar-refractivity contribution in [2.24, 2.45) is 0 Å². The van der Waals surface area contributed by atoms with Gasteiger partial charge in [-0.2, -0.15) is 0 Å². The molecule has 0 bridgehead atoms. The van der Waals surface area contributed by atoms with E-state index in [0.29, 0.717) is 0 Å². The van der Waals surface area contributed by atoms with Crippen LogP contribution < -0.4 is 0 Å². The SMILES string of the molecule is C#N.C#N.C#N.C#N.C#N.C#N.[Cr]. The van der Waals surface area contributed by atoms with E-state index in [1.165, 1.54) is 0 Å². The van der Waals surface area contributed by atoms with Gasteiger partial charge in [-0.25, -0.2) is 31.6 Å². The van der Waals surface area contributed by atoms with Gasteiger partial charge in [0, 0.05) is 56.8 Å². The zero-order chi connectivity index (χ0) is 12.0. The number of nitrogens with zero attached hydrogens (tertiary/aromatic N) is 6. The van der Waals surface area contributed by atoms with Gasteiger partial charge in [0.25, 0.3) is 0 Å². The topological polar surface area (TPSA) is 143 Å². The summed E-state index contributed by atoms with van der Waals surface area (Å²) < 4.78 is 0. The van der Waals surface area contributed by atoms with Gasteiger partial charge in [-0.1, -0.05) is 0 Å². The van der Waals surface area contributed by atoms with Crippen molar-refractivity contribution in [1.29, 1.82) is 31.6 Å². The fourth-order valence-corrected chi connectivity index (χ4v) is 0. The molecule has 66 valence electrons. The molecule has 0 heterocycles. The average Bonchev–Trinajstić information content (AvgIpc) is 2.33. The van der Waals surface area contributed by atoms with Crippen LogP contribution in [0.25, 0.3) is 0 Å². The van der Waals surface area contributed by atoms with Crippen LogP contribution in [0.2, 0.25) is 0 Å². The van der Waals surface area contributed by atoms with Crippen LogP contribution in [-0.2, 0) is 17.4 Å². The first-order valence-electron chi connectivity index (χ1n) is 1.55. The summed E-state index contributed by atoms with van der Waals surface area (Å²) in [5.74, 6) is 0. The summed E-state index contributed by atoms with van der Waals surface area (Å²) in [4.78, 5) is 0. The van der Waals surface area contributed by atoms with Crippen LogP contribution in [-0.4, -0.2) is 0 Å². The van der Waals surface area contributed by atoms with Crippen molar-refractivity contribution >= 4 is 0 Å². The van der Waals surface area contributed by atoms with E-state index in [4.69, 9.17) is 31.6 Å². The van der Waals surface area contributed by atoms with Gasteiger partial charge < -0.3 is 0 Å². The zero-order valence-electron chi connectivity index (χ0n) is 6.56. The van der Waals surface area contributed by atoms with E-state index in [9.17, 15) is 0 Å². The standard InChI is InChI=1S/6CHN.Cr/c6*1-2;/h6*1H;. The Bertz CT molecular complexity index is 92.1. The van der Waals surface area contributed by atoms with Crippen molar-refractivity contribution < 1.29 is 17.4 Å². The van der Waals surface area contributed by atoms with Crippen molar-refractivity contribution in [2.45, 2.75) is 0 Å². The third kappa shape index (κ3) is 82.8. The van der Waals surface area contributed by atoms with Gasteiger partial charge >= 0.3 is 0 Å². The van der Waals surface area contributed by atoms with Gasteiger partial charge in [0.1, 0.15) is 0 Å². The second-order valence-electron chi connectivity index (χ2n) is 0. The minimum absolute atomic E-state index is 0. The van der Waals surface area contributed by atoms with Gasteiger partial charge in [-0.15, -0.1) is 0 Å². The average molecular weight is 214 g/mol. The van der Waals surface area contributed by atoms with Gasteiger partial charge in [0.2, 0.25) is 0 Å². The monoisotopic (exact) mass is 214 g/mol. The van der Waals surface area contributed by atoms with Crippen molar-refractivity contribution in [3.63, 3.8) is 0 Å². The molecule has 0 radical (unpaired) electrons. The molecule has 0 saturated carbocycles. The van der Waals surface area contributed by atoms with E-state index >= 15 is 0 Å². The quantitative estimate of drug-likeness (QED) is 0.584. The van der Waals surface area contributed by atoms with Crippen molar-refractivity contribution in [1.82, 2.24) is 0 Å². The normalized spacial score (nSPS) is 0.923. The fraction of sp³-hybridized carbons (Fsp3) is 0. The first-order valence-corrected chi connectivity index (χ1v) is 1.55. The smallest absolute Gasteiger partial charge is 0.0462 e. The molecule has 0 N–H and O–H groups in total. The first kappa shape index (κ1) is 77.9. The third-order valence-corrected chi connectivity index (χ3v) is 0. The maximum atomic E-state index is 6.50. The Morgan fingerprint density at radius 3 is 0.308 bits per heavy atom. The fourth-order valence-electron chi connectivity index (χ4n) is 0. The predicted molar refractivity (Wildman–Crippen MR) is 40.0 cm³/mol. The number of hydrogen-bond donors (Lipinski definition) is 0. The van der Waals surface area contributed by atoms with E-state index in [2.05, 4.69) is 39.4 Å². The van der Waals surface area contributed by atoms with Crippen LogP contribution >= 0.6 is 0 Å². The van der Waals surface area contributed by atoms with Crippen LogP contribution in [0.4, 0.5) is 0 Å². The molecule has 0 aliphatic heterocycles.